The summed E-state index contributed by atoms with van der Waals surface area (Å²) in [5.41, 5.74) is 2.22. The van der Waals surface area contributed by atoms with Crippen molar-refractivity contribution in [3.8, 4) is 0 Å². The highest BCUT2D eigenvalue weighted by atomic mass is 35.5. The van der Waals surface area contributed by atoms with E-state index in [1.54, 1.807) is 0 Å². The molecule has 0 saturated heterocycles. The molecule has 0 aliphatic heterocycles. The van der Waals surface area contributed by atoms with Gasteiger partial charge in [0, 0.05) is 5.39 Å². The molecule has 1 heterocycles. The Labute approximate surface area is 106 Å². The number of fused-ring (bicyclic) bond motifs is 1. The highest BCUT2D eigenvalue weighted by Crippen LogP contribution is 2.31. The Bertz CT molecular complexity index is 520. The smallest absolute Gasteiger partial charge is 0.134 e. The highest BCUT2D eigenvalue weighted by molar-refractivity contribution is 6.22. The van der Waals surface area contributed by atoms with E-state index in [1.807, 2.05) is 18.2 Å². The fraction of sp³-hybridized carbons (Fsp3) is 0.333. The van der Waals surface area contributed by atoms with E-state index >= 15 is 0 Å². The molecule has 1 aliphatic carbocycles. The number of hydrogen-bond donors (Lipinski definition) is 0. The van der Waals surface area contributed by atoms with Crippen molar-refractivity contribution in [2.24, 2.45) is 0 Å². The molecule has 0 amide bonds. The molecule has 1 atom stereocenters. The zero-order valence-corrected chi connectivity index (χ0v) is 10.4. The summed E-state index contributed by atoms with van der Waals surface area (Å²) in [6, 6.07) is 10.2. The average Bonchev–Trinajstić information content (AvgIpc) is 2.65. The molecule has 17 heavy (non-hydrogen) atoms. The number of rotatable bonds is 1. The second-order valence-electron chi connectivity index (χ2n) is 4.60. The van der Waals surface area contributed by atoms with Gasteiger partial charge in [-0.1, -0.05) is 30.7 Å². The van der Waals surface area contributed by atoms with Gasteiger partial charge in [0.25, 0.3) is 0 Å². The number of allylic oxidation sites excluding steroid dienone is 2. The number of hydrogen-bond acceptors (Lipinski definition) is 1. The molecule has 0 N–H and O–H groups in total. The first kappa shape index (κ1) is 10.9. The quantitative estimate of drug-likeness (QED) is 0.646. The van der Waals surface area contributed by atoms with Crippen LogP contribution < -0.4 is 0 Å². The minimum Gasteiger partial charge on any atom is -0.456 e. The average molecular weight is 247 g/mol. The van der Waals surface area contributed by atoms with Crippen LogP contribution in [0, 0.1) is 0 Å². The molecule has 1 aromatic carbocycles. The van der Waals surface area contributed by atoms with E-state index in [4.69, 9.17) is 16.0 Å². The van der Waals surface area contributed by atoms with Crippen molar-refractivity contribution >= 4 is 28.1 Å². The van der Waals surface area contributed by atoms with Gasteiger partial charge in [0.2, 0.25) is 0 Å². The number of benzene rings is 1. The second kappa shape index (κ2) is 4.58. The number of furan rings is 1. The van der Waals surface area contributed by atoms with Crippen LogP contribution in [0.4, 0.5) is 0 Å². The monoisotopic (exact) mass is 246 g/mol. The zero-order chi connectivity index (χ0) is 11.7. The molecule has 0 radical (unpaired) electrons. The van der Waals surface area contributed by atoms with Crippen molar-refractivity contribution < 1.29 is 4.42 Å². The Morgan fingerprint density at radius 3 is 2.94 bits per heavy atom. The molecule has 0 spiro atoms. The van der Waals surface area contributed by atoms with Gasteiger partial charge in [0.15, 0.2) is 0 Å². The fourth-order valence-electron chi connectivity index (χ4n) is 2.39. The number of para-hydroxylation sites is 1. The molecule has 2 aromatic rings. The van der Waals surface area contributed by atoms with E-state index in [-0.39, 0.29) is 5.38 Å². The number of alkyl halides is 1. The van der Waals surface area contributed by atoms with E-state index in [9.17, 15) is 0 Å². The van der Waals surface area contributed by atoms with Crippen LogP contribution in [-0.2, 0) is 0 Å². The molecule has 3 rings (SSSR count). The topological polar surface area (TPSA) is 13.1 Å². The normalized spacial score (nSPS) is 21.2. The lowest BCUT2D eigenvalue weighted by Crippen LogP contribution is -1.90. The first-order valence-corrected chi connectivity index (χ1v) is 6.60. The Kier molecular flexibility index (Phi) is 2.94. The van der Waals surface area contributed by atoms with Crippen LogP contribution in [0.2, 0.25) is 0 Å². The summed E-state index contributed by atoms with van der Waals surface area (Å²) in [5.74, 6) is 0.985. The summed E-state index contributed by atoms with van der Waals surface area (Å²) in [6.07, 6.45) is 6.71. The van der Waals surface area contributed by atoms with E-state index in [0.29, 0.717) is 0 Å². The third-order valence-corrected chi connectivity index (χ3v) is 3.64. The summed E-state index contributed by atoms with van der Waals surface area (Å²) in [7, 11) is 0. The van der Waals surface area contributed by atoms with Gasteiger partial charge in [-0.05, 0) is 37.0 Å². The maximum Gasteiger partial charge on any atom is 0.134 e. The lowest BCUT2D eigenvalue weighted by atomic mass is 10.1. The van der Waals surface area contributed by atoms with E-state index in [2.05, 4.69) is 18.2 Å². The molecular formula is C15H15ClO. The van der Waals surface area contributed by atoms with Crippen LogP contribution in [0.3, 0.4) is 0 Å². The minimum absolute atomic E-state index is 0.153. The third-order valence-electron chi connectivity index (χ3n) is 3.30. The van der Waals surface area contributed by atoms with Crippen LogP contribution >= 0.6 is 11.6 Å². The Morgan fingerprint density at radius 1 is 1.18 bits per heavy atom. The van der Waals surface area contributed by atoms with Crippen LogP contribution in [0.15, 0.2) is 40.8 Å². The van der Waals surface area contributed by atoms with Crippen LogP contribution in [0.5, 0.6) is 0 Å². The molecule has 0 saturated carbocycles. The van der Waals surface area contributed by atoms with E-state index in [0.717, 1.165) is 24.2 Å². The lowest BCUT2D eigenvalue weighted by Gasteiger charge is -2.01. The Balaban J connectivity index is 2.02. The summed E-state index contributed by atoms with van der Waals surface area (Å²) < 4.78 is 5.88. The molecule has 2 heteroatoms. The molecule has 0 fully saturated rings. The molecule has 1 nitrogen and oxygen atoms in total. The molecule has 1 aromatic heterocycles. The second-order valence-corrected chi connectivity index (χ2v) is 5.16. The van der Waals surface area contributed by atoms with Crippen molar-refractivity contribution in [2.75, 3.05) is 0 Å². The molecule has 1 unspecified atom stereocenters. The van der Waals surface area contributed by atoms with Crippen molar-refractivity contribution in [2.45, 2.75) is 31.1 Å². The SMILES string of the molecule is ClC1C=C(c2cc3ccccc3o2)CCCC1. The Morgan fingerprint density at radius 2 is 2.06 bits per heavy atom. The first-order valence-electron chi connectivity index (χ1n) is 6.16. The van der Waals surface area contributed by atoms with Crippen LogP contribution in [0.1, 0.15) is 31.4 Å². The van der Waals surface area contributed by atoms with Gasteiger partial charge in [0.1, 0.15) is 11.3 Å². The van der Waals surface area contributed by atoms with Gasteiger partial charge in [-0.25, -0.2) is 0 Å². The van der Waals surface area contributed by atoms with Crippen molar-refractivity contribution in [1.29, 1.82) is 0 Å². The zero-order valence-electron chi connectivity index (χ0n) is 9.66. The summed E-state index contributed by atoms with van der Waals surface area (Å²) in [5, 5.41) is 1.32. The summed E-state index contributed by atoms with van der Waals surface area (Å²) in [4.78, 5) is 0. The fourth-order valence-corrected chi connectivity index (χ4v) is 2.69. The van der Waals surface area contributed by atoms with Gasteiger partial charge in [-0.2, -0.15) is 0 Å². The third kappa shape index (κ3) is 2.25. The van der Waals surface area contributed by atoms with Crippen molar-refractivity contribution in [1.82, 2.24) is 0 Å². The van der Waals surface area contributed by atoms with Crippen molar-refractivity contribution in [3.63, 3.8) is 0 Å². The predicted octanol–water partition coefficient (Wildman–Crippen LogP) is 5.00. The Hall–Kier alpha value is -1.21. The standard InChI is InChI=1S/C15H15ClO/c16-13-7-3-1-5-11(9-13)15-10-12-6-2-4-8-14(12)17-15/h2,4,6,8-10,13H,1,3,5,7H2. The molecule has 0 bridgehead atoms. The molecular weight excluding hydrogens is 232 g/mol. The largest absolute Gasteiger partial charge is 0.456 e. The maximum atomic E-state index is 6.25. The summed E-state index contributed by atoms with van der Waals surface area (Å²) in [6.45, 7) is 0. The van der Waals surface area contributed by atoms with Gasteiger partial charge >= 0.3 is 0 Å². The van der Waals surface area contributed by atoms with Crippen LogP contribution in [0.25, 0.3) is 16.5 Å². The van der Waals surface area contributed by atoms with E-state index < -0.39 is 0 Å². The number of halogens is 1. The molecule has 88 valence electrons. The maximum absolute atomic E-state index is 6.25. The van der Waals surface area contributed by atoms with Crippen LogP contribution in [-0.4, -0.2) is 5.38 Å². The minimum atomic E-state index is 0.153. The van der Waals surface area contributed by atoms with Gasteiger partial charge in [-0.3, -0.25) is 0 Å². The van der Waals surface area contributed by atoms with Gasteiger partial charge < -0.3 is 4.42 Å². The molecule has 1 aliphatic rings. The van der Waals surface area contributed by atoms with Crippen molar-refractivity contribution in [3.05, 3.63) is 42.2 Å². The summed E-state index contributed by atoms with van der Waals surface area (Å²) >= 11 is 6.25. The van der Waals surface area contributed by atoms with Gasteiger partial charge in [-0.15, -0.1) is 11.6 Å². The van der Waals surface area contributed by atoms with E-state index in [1.165, 1.54) is 23.8 Å². The first-order chi connectivity index (χ1) is 8.33. The predicted molar refractivity (Wildman–Crippen MR) is 72.3 cm³/mol. The van der Waals surface area contributed by atoms with Gasteiger partial charge in [0.05, 0.1) is 5.38 Å². The lowest BCUT2D eigenvalue weighted by molar-refractivity contribution is 0.594. The highest BCUT2D eigenvalue weighted by Gasteiger charge is 2.14.